The first-order chi connectivity index (χ1) is 17.9. The summed E-state index contributed by atoms with van der Waals surface area (Å²) in [5.74, 6) is -0.0697. The zero-order valence-electron chi connectivity index (χ0n) is 22.1. The summed E-state index contributed by atoms with van der Waals surface area (Å²) in [6.07, 6.45) is -1.04. The Bertz CT molecular complexity index is 1200. The highest BCUT2D eigenvalue weighted by atomic mass is 19.1. The summed E-state index contributed by atoms with van der Waals surface area (Å²) in [4.78, 5) is 41.8. The second kappa shape index (κ2) is 10.9. The van der Waals surface area contributed by atoms with Crippen molar-refractivity contribution in [3.05, 3.63) is 53.8 Å². The summed E-state index contributed by atoms with van der Waals surface area (Å²) in [6, 6.07) is 10.8. The molecule has 9 nitrogen and oxygen atoms in total. The predicted octanol–water partition coefficient (Wildman–Crippen LogP) is 4.71. The van der Waals surface area contributed by atoms with Gasteiger partial charge < -0.3 is 29.3 Å². The molecule has 2 saturated heterocycles. The van der Waals surface area contributed by atoms with E-state index in [9.17, 15) is 23.9 Å². The number of carbonyl (C=O) groups excluding carboxylic acids is 2. The Morgan fingerprint density at radius 2 is 1.68 bits per heavy atom. The number of hydrogen-bond acceptors (Lipinski definition) is 5. The summed E-state index contributed by atoms with van der Waals surface area (Å²) < 4.78 is 25.4. The van der Waals surface area contributed by atoms with Crippen LogP contribution in [0.25, 0.3) is 11.1 Å². The summed E-state index contributed by atoms with van der Waals surface area (Å²) in [5.41, 5.74) is 1.14. The van der Waals surface area contributed by atoms with E-state index in [2.05, 4.69) is 0 Å². The molecule has 4 rings (SSSR count). The lowest BCUT2D eigenvalue weighted by Crippen LogP contribution is -2.55. The van der Waals surface area contributed by atoms with Crippen LogP contribution in [0.4, 0.5) is 14.0 Å². The van der Waals surface area contributed by atoms with Gasteiger partial charge in [0, 0.05) is 49.8 Å². The number of amides is 3. The number of likely N-dealkylation sites (tertiary alicyclic amines) is 1. The van der Waals surface area contributed by atoms with Gasteiger partial charge in [0.2, 0.25) is 0 Å². The van der Waals surface area contributed by atoms with Crippen LogP contribution >= 0.6 is 0 Å². The van der Waals surface area contributed by atoms with Crippen LogP contribution in [-0.4, -0.2) is 88.4 Å². The molecule has 204 valence electrons. The molecule has 0 spiro atoms. The quantitative estimate of drug-likeness (QED) is 0.619. The van der Waals surface area contributed by atoms with Gasteiger partial charge in [-0.25, -0.2) is 14.0 Å². The summed E-state index contributed by atoms with van der Waals surface area (Å²) in [5, 5.41) is 9.28. The molecule has 2 aliphatic rings. The van der Waals surface area contributed by atoms with Gasteiger partial charge in [0.25, 0.3) is 5.91 Å². The Hall–Kier alpha value is -3.82. The molecule has 2 atom stereocenters. The normalized spacial score (nSPS) is 19.9. The van der Waals surface area contributed by atoms with Gasteiger partial charge in [-0.2, -0.15) is 0 Å². The molecule has 0 radical (unpaired) electrons. The van der Waals surface area contributed by atoms with Crippen LogP contribution < -0.4 is 4.74 Å². The third kappa shape index (κ3) is 6.35. The lowest BCUT2D eigenvalue weighted by Gasteiger charge is -2.38. The van der Waals surface area contributed by atoms with Gasteiger partial charge >= 0.3 is 12.2 Å². The van der Waals surface area contributed by atoms with Crippen LogP contribution in [0.1, 0.15) is 44.5 Å². The molecule has 0 bridgehead atoms. The number of piperazine rings is 1. The molecule has 0 unspecified atom stereocenters. The molecular weight excluding hydrogens is 493 g/mol. The standard InChI is InChI=1S/C28H34FN3O6/c1-18-16-30(26(34)35)13-14-32(18)25(33)20-7-10-24(23(15-20)19-5-8-21(29)9-6-19)37-22-11-12-31(17-22)27(36)38-28(2,3)4/h5-10,15,18,22H,11-14,16-17H2,1-4H3,(H,34,35)/t18-,22-/m0/s1. The minimum Gasteiger partial charge on any atom is -0.488 e. The summed E-state index contributed by atoms with van der Waals surface area (Å²) in [7, 11) is 0. The van der Waals surface area contributed by atoms with Crippen LogP contribution in [0, 0.1) is 5.82 Å². The topological polar surface area (TPSA) is 99.6 Å². The molecule has 3 amide bonds. The molecule has 0 saturated carbocycles. The van der Waals surface area contributed by atoms with Gasteiger partial charge in [-0.3, -0.25) is 4.79 Å². The fraction of sp³-hybridized carbons (Fsp3) is 0.464. The maximum atomic E-state index is 13.7. The lowest BCUT2D eigenvalue weighted by molar-refractivity contribution is 0.0275. The van der Waals surface area contributed by atoms with E-state index in [1.807, 2.05) is 27.7 Å². The third-order valence-electron chi connectivity index (χ3n) is 6.63. The van der Waals surface area contributed by atoms with E-state index in [1.54, 1.807) is 40.1 Å². The van der Waals surface area contributed by atoms with Crippen LogP contribution in [0.5, 0.6) is 5.75 Å². The van der Waals surface area contributed by atoms with E-state index in [0.29, 0.717) is 48.5 Å². The van der Waals surface area contributed by atoms with E-state index >= 15 is 0 Å². The Morgan fingerprint density at radius 1 is 0.974 bits per heavy atom. The number of nitrogens with zero attached hydrogens (tertiary/aromatic N) is 3. The van der Waals surface area contributed by atoms with Crippen molar-refractivity contribution in [1.29, 1.82) is 0 Å². The minimum absolute atomic E-state index is 0.214. The fourth-order valence-corrected chi connectivity index (χ4v) is 4.72. The van der Waals surface area contributed by atoms with Crippen molar-refractivity contribution >= 4 is 18.1 Å². The average Bonchev–Trinajstić information content (AvgIpc) is 3.32. The summed E-state index contributed by atoms with van der Waals surface area (Å²) in [6.45, 7) is 8.92. The van der Waals surface area contributed by atoms with Crippen molar-refractivity contribution in [2.24, 2.45) is 0 Å². The Kier molecular flexibility index (Phi) is 7.80. The van der Waals surface area contributed by atoms with Crippen LogP contribution in [0.15, 0.2) is 42.5 Å². The van der Waals surface area contributed by atoms with Gasteiger partial charge in [0.15, 0.2) is 0 Å². The number of rotatable bonds is 4. The Labute approximate surface area is 221 Å². The van der Waals surface area contributed by atoms with Gasteiger partial charge in [-0.15, -0.1) is 0 Å². The maximum Gasteiger partial charge on any atom is 0.410 e. The van der Waals surface area contributed by atoms with Crippen molar-refractivity contribution in [2.45, 2.75) is 51.9 Å². The molecule has 2 fully saturated rings. The second-order valence-corrected chi connectivity index (χ2v) is 10.7. The molecule has 2 aliphatic heterocycles. The number of hydrogen-bond donors (Lipinski definition) is 1. The molecule has 2 heterocycles. The molecular formula is C28H34FN3O6. The predicted molar refractivity (Wildman–Crippen MR) is 139 cm³/mol. The van der Waals surface area contributed by atoms with Gasteiger partial charge in [-0.05, 0) is 63.6 Å². The average molecular weight is 528 g/mol. The number of carboxylic acid groups (broad SMARTS) is 1. The van der Waals surface area contributed by atoms with Crippen LogP contribution in [0.2, 0.25) is 0 Å². The maximum absolute atomic E-state index is 13.7. The molecule has 0 aromatic heterocycles. The number of carbonyl (C=O) groups is 3. The third-order valence-corrected chi connectivity index (χ3v) is 6.63. The lowest BCUT2D eigenvalue weighted by atomic mass is 10.0. The Morgan fingerprint density at radius 3 is 2.32 bits per heavy atom. The van der Waals surface area contributed by atoms with Crippen LogP contribution in [0.3, 0.4) is 0 Å². The van der Waals surface area contributed by atoms with E-state index < -0.39 is 11.7 Å². The van der Waals surface area contributed by atoms with Crippen molar-refractivity contribution in [3.8, 4) is 16.9 Å². The second-order valence-electron chi connectivity index (χ2n) is 10.7. The first kappa shape index (κ1) is 27.2. The highest BCUT2D eigenvalue weighted by molar-refractivity contribution is 5.96. The smallest absolute Gasteiger partial charge is 0.410 e. The van der Waals surface area contributed by atoms with Crippen LogP contribution in [-0.2, 0) is 4.74 Å². The van der Waals surface area contributed by atoms with E-state index in [-0.39, 0.29) is 43.1 Å². The van der Waals surface area contributed by atoms with Gasteiger partial charge in [0.1, 0.15) is 23.3 Å². The number of ether oxygens (including phenoxy) is 2. The minimum atomic E-state index is -0.999. The van der Waals surface area contributed by atoms with Crippen molar-refractivity contribution in [3.63, 3.8) is 0 Å². The first-order valence-corrected chi connectivity index (χ1v) is 12.7. The van der Waals surface area contributed by atoms with E-state index in [4.69, 9.17) is 9.47 Å². The van der Waals surface area contributed by atoms with Crippen molar-refractivity contribution in [2.75, 3.05) is 32.7 Å². The zero-order valence-corrected chi connectivity index (χ0v) is 22.1. The largest absolute Gasteiger partial charge is 0.488 e. The SMILES string of the molecule is C[C@H]1CN(C(=O)O)CCN1C(=O)c1ccc(O[C@H]2CCN(C(=O)OC(C)(C)C)C2)c(-c2ccc(F)cc2)c1. The number of benzene rings is 2. The Balaban J connectivity index is 1.55. The van der Waals surface area contributed by atoms with Gasteiger partial charge in [0.05, 0.1) is 6.54 Å². The summed E-state index contributed by atoms with van der Waals surface area (Å²) >= 11 is 0. The first-order valence-electron chi connectivity index (χ1n) is 12.7. The van der Waals surface area contributed by atoms with E-state index in [1.165, 1.54) is 17.0 Å². The fourth-order valence-electron chi connectivity index (χ4n) is 4.72. The number of halogens is 1. The molecule has 1 N–H and O–H groups in total. The molecule has 2 aromatic carbocycles. The van der Waals surface area contributed by atoms with Gasteiger partial charge in [-0.1, -0.05) is 12.1 Å². The highest BCUT2D eigenvalue weighted by Gasteiger charge is 2.33. The van der Waals surface area contributed by atoms with Crippen molar-refractivity contribution in [1.82, 2.24) is 14.7 Å². The highest BCUT2D eigenvalue weighted by Crippen LogP contribution is 2.34. The molecule has 38 heavy (non-hydrogen) atoms. The molecule has 10 heteroatoms. The zero-order chi connectivity index (χ0) is 27.6. The monoisotopic (exact) mass is 527 g/mol. The molecule has 0 aliphatic carbocycles. The van der Waals surface area contributed by atoms with E-state index in [0.717, 1.165) is 0 Å². The molecule has 2 aromatic rings. The van der Waals surface area contributed by atoms with Crippen molar-refractivity contribution < 1.29 is 33.4 Å².